The average Bonchev–Trinajstić information content (AvgIpc) is 3.10. The van der Waals surface area contributed by atoms with Gasteiger partial charge in [0, 0.05) is 5.56 Å². The number of benzene rings is 2. The van der Waals surface area contributed by atoms with Gasteiger partial charge in [0.25, 0.3) is 0 Å². The average molecular weight is 358 g/mol. The Kier molecular flexibility index (Phi) is 4.24. The van der Waals surface area contributed by atoms with Gasteiger partial charge in [-0.05, 0) is 36.0 Å². The molecular weight excluding hydrogens is 335 g/mol. The summed E-state index contributed by atoms with van der Waals surface area (Å²) in [4.78, 5) is 0. The number of rotatable bonds is 7. The number of hydrogen-bond donors (Lipinski definition) is 0. The monoisotopic (exact) mass is 358 g/mol. The van der Waals surface area contributed by atoms with Crippen molar-refractivity contribution in [2.75, 3.05) is 0 Å². The molecule has 132 valence electrons. The quantitative estimate of drug-likeness (QED) is 0.425. The van der Waals surface area contributed by atoms with Crippen molar-refractivity contribution in [3.05, 3.63) is 42.0 Å². The van der Waals surface area contributed by atoms with Crippen molar-refractivity contribution in [2.45, 2.75) is 46.0 Å². The molecule has 2 bridgehead atoms. The molecule has 0 aliphatic carbocycles. The maximum atomic E-state index is 12.3. The fraction of sp³-hybridized carbons (Fsp3) is 0.400. The summed E-state index contributed by atoms with van der Waals surface area (Å²) >= 11 is 0. The molecule has 2 heterocycles. The predicted molar refractivity (Wildman–Crippen MR) is 98.4 cm³/mol. The summed E-state index contributed by atoms with van der Waals surface area (Å²) in [7, 11) is -3.44. The molecular formula is C20H23O4P. The van der Waals surface area contributed by atoms with Gasteiger partial charge in [-0.25, -0.2) is 0 Å². The van der Waals surface area contributed by atoms with Crippen LogP contribution in [0.5, 0.6) is 17.2 Å². The van der Waals surface area contributed by atoms with Gasteiger partial charge in [0.15, 0.2) is 11.5 Å². The largest absolute Gasteiger partial charge is 0.647 e. The van der Waals surface area contributed by atoms with Gasteiger partial charge in [-0.3, -0.25) is 0 Å². The zero-order chi connectivity index (χ0) is 17.4. The molecule has 0 radical (unpaired) electrons. The molecule has 5 heteroatoms. The summed E-state index contributed by atoms with van der Waals surface area (Å²) in [6.07, 6.45) is 5.63. The van der Waals surface area contributed by atoms with E-state index in [0.29, 0.717) is 17.2 Å². The smallest absolute Gasteiger partial charge is 0.382 e. The Labute approximate surface area is 148 Å². The summed E-state index contributed by atoms with van der Waals surface area (Å²) in [5.74, 6) is 2.41. The van der Waals surface area contributed by atoms with Crippen molar-refractivity contribution >= 4 is 7.82 Å². The molecule has 4 nitrogen and oxygen atoms in total. The molecule has 1 atom stereocenters. The summed E-state index contributed by atoms with van der Waals surface area (Å²) in [6.45, 7) is 4.52. The summed E-state index contributed by atoms with van der Waals surface area (Å²) in [5.41, 5.74) is 3.27. The van der Waals surface area contributed by atoms with E-state index in [0.717, 1.165) is 35.4 Å². The Morgan fingerprint density at radius 3 is 2.44 bits per heavy atom. The van der Waals surface area contributed by atoms with Crippen LogP contribution in [0, 0.1) is 5.92 Å². The van der Waals surface area contributed by atoms with Gasteiger partial charge >= 0.3 is 7.82 Å². The minimum atomic E-state index is -3.44. The molecule has 0 spiro atoms. The van der Waals surface area contributed by atoms with Crippen LogP contribution in [0.25, 0.3) is 11.1 Å². The van der Waals surface area contributed by atoms with Crippen molar-refractivity contribution < 1.29 is 18.1 Å². The molecule has 1 unspecified atom stereocenters. The highest BCUT2D eigenvalue weighted by atomic mass is 31.2. The number of hydrogen-bond acceptors (Lipinski definition) is 4. The molecule has 2 aromatic rings. The second kappa shape index (κ2) is 6.42. The Morgan fingerprint density at radius 1 is 0.960 bits per heavy atom. The molecule has 2 aliphatic heterocycles. The molecule has 0 aromatic heterocycles. The van der Waals surface area contributed by atoms with Crippen molar-refractivity contribution in [1.29, 1.82) is 0 Å². The third kappa shape index (κ3) is 3.16. The van der Waals surface area contributed by atoms with Crippen LogP contribution in [0.15, 0.2) is 36.4 Å². The molecule has 2 aromatic carbocycles. The molecule has 25 heavy (non-hydrogen) atoms. The van der Waals surface area contributed by atoms with E-state index in [4.69, 9.17) is 13.6 Å². The lowest BCUT2D eigenvalue weighted by atomic mass is 9.93. The third-order valence-corrected chi connectivity index (χ3v) is 5.95. The fourth-order valence-electron chi connectivity index (χ4n) is 3.46. The topological polar surface area (TPSA) is 44.8 Å². The Hall–Kier alpha value is -1.93. The van der Waals surface area contributed by atoms with Crippen molar-refractivity contribution in [2.24, 2.45) is 5.92 Å². The van der Waals surface area contributed by atoms with Crippen molar-refractivity contribution in [1.82, 2.24) is 0 Å². The van der Waals surface area contributed by atoms with Crippen LogP contribution in [-0.4, -0.2) is 0 Å². The molecule has 4 rings (SSSR count). The number of fused-ring (bicyclic) bond motifs is 1. The highest BCUT2D eigenvalue weighted by molar-refractivity contribution is 7.50. The van der Waals surface area contributed by atoms with Crippen LogP contribution >= 0.6 is 7.82 Å². The summed E-state index contributed by atoms with van der Waals surface area (Å²) in [6, 6.07) is 12.1. The van der Waals surface area contributed by atoms with Gasteiger partial charge in [-0.1, -0.05) is 63.4 Å². The van der Waals surface area contributed by atoms with Crippen LogP contribution in [-0.2, 0) is 11.0 Å². The fourth-order valence-corrected chi connectivity index (χ4v) is 4.76. The predicted octanol–water partition coefficient (Wildman–Crippen LogP) is 6.38. The minimum Gasteiger partial charge on any atom is -0.382 e. The van der Waals surface area contributed by atoms with E-state index in [2.05, 4.69) is 26.0 Å². The van der Waals surface area contributed by atoms with E-state index >= 15 is 0 Å². The molecule has 0 saturated heterocycles. The Bertz CT molecular complexity index is 829. The number of phosphoric ester groups is 1. The second-order valence-electron chi connectivity index (χ2n) is 7.14. The molecule has 0 fully saturated rings. The van der Waals surface area contributed by atoms with Gasteiger partial charge in [0.05, 0.1) is 0 Å². The molecule has 0 N–H and O–H groups in total. The van der Waals surface area contributed by atoms with Gasteiger partial charge in [0.2, 0.25) is 5.75 Å². The van der Waals surface area contributed by atoms with E-state index < -0.39 is 7.82 Å². The molecule has 2 aliphatic rings. The zero-order valence-corrected chi connectivity index (χ0v) is 15.6. The second-order valence-corrected chi connectivity index (χ2v) is 8.58. The van der Waals surface area contributed by atoms with Crippen molar-refractivity contribution in [3.63, 3.8) is 0 Å². The maximum absolute atomic E-state index is 12.3. The lowest BCUT2D eigenvalue weighted by molar-refractivity contribution is 0.353. The normalized spacial score (nSPS) is 19.6. The van der Waals surface area contributed by atoms with Crippen molar-refractivity contribution in [3.8, 4) is 28.4 Å². The maximum Gasteiger partial charge on any atom is 0.647 e. The third-order valence-electron chi connectivity index (χ3n) is 4.71. The standard InChI is InChI=1S/C20H23O4P/c1-14(2)9-5-3-8-12-16-17(15-10-6-4-7-11-15)13-18-20-19(16)23-25(21,22-18)24-20/h4,6-7,10-11,13-14H,3,5,8-9,12H2,1-2H3. The summed E-state index contributed by atoms with van der Waals surface area (Å²) < 4.78 is 28.6. The first-order chi connectivity index (χ1) is 12.1. The lowest BCUT2D eigenvalue weighted by Crippen LogP contribution is -2.02. The first-order valence-corrected chi connectivity index (χ1v) is 10.5. The van der Waals surface area contributed by atoms with Crippen LogP contribution < -0.4 is 13.6 Å². The van der Waals surface area contributed by atoms with E-state index in [1.165, 1.54) is 19.3 Å². The van der Waals surface area contributed by atoms with Gasteiger partial charge < -0.3 is 13.6 Å². The van der Waals surface area contributed by atoms with E-state index in [1.54, 1.807) is 0 Å². The summed E-state index contributed by atoms with van der Waals surface area (Å²) in [5, 5.41) is 0. The molecule has 0 saturated carbocycles. The highest BCUT2D eigenvalue weighted by Gasteiger charge is 2.51. The van der Waals surface area contributed by atoms with Gasteiger partial charge in [-0.2, -0.15) is 4.57 Å². The van der Waals surface area contributed by atoms with Crippen LogP contribution in [0.2, 0.25) is 0 Å². The minimum absolute atomic E-state index is 0.514. The van der Waals surface area contributed by atoms with Crippen LogP contribution in [0.1, 0.15) is 45.1 Å². The van der Waals surface area contributed by atoms with Crippen LogP contribution in [0.3, 0.4) is 0 Å². The highest BCUT2D eigenvalue weighted by Crippen LogP contribution is 2.70. The first kappa shape index (κ1) is 16.5. The number of unbranched alkanes of at least 4 members (excludes halogenated alkanes) is 2. The van der Waals surface area contributed by atoms with Gasteiger partial charge in [0.1, 0.15) is 0 Å². The SMILES string of the molecule is CC(C)CCCCCc1c(-c2ccccc2)cc2c3c1OP(=O)(O2)O3. The van der Waals surface area contributed by atoms with Gasteiger partial charge in [-0.15, -0.1) is 0 Å². The molecule has 0 amide bonds. The Morgan fingerprint density at radius 2 is 1.72 bits per heavy atom. The lowest BCUT2D eigenvalue weighted by Gasteiger charge is -2.17. The van der Waals surface area contributed by atoms with E-state index in [1.807, 2.05) is 24.3 Å². The number of phosphoric acid groups is 1. The Balaban J connectivity index is 1.63. The van der Waals surface area contributed by atoms with Crippen LogP contribution in [0.4, 0.5) is 0 Å². The first-order valence-electron chi connectivity index (χ1n) is 9.00. The van der Waals surface area contributed by atoms with E-state index in [-0.39, 0.29) is 0 Å². The zero-order valence-electron chi connectivity index (χ0n) is 14.7. The van der Waals surface area contributed by atoms with E-state index in [9.17, 15) is 4.57 Å².